The van der Waals surface area contributed by atoms with Crippen LogP contribution in [0.25, 0.3) is 11.5 Å². The molecule has 2 aliphatic rings. The fourth-order valence-corrected chi connectivity index (χ4v) is 4.06. The first-order chi connectivity index (χ1) is 11.7. The molecule has 0 atom stereocenters. The molecule has 0 bridgehead atoms. The van der Waals surface area contributed by atoms with Gasteiger partial charge in [-0.2, -0.15) is 5.10 Å². The number of carbonyl (C=O) groups excluding carboxylic acids is 1. The molecule has 0 aromatic carbocycles. The van der Waals surface area contributed by atoms with Crippen LogP contribution in [0.1, 0.15) is 43.9 Å². The highest BCUT2D eigenvalue weighted by Crippen LogP contribution is 2.32. The lowest BCUT2D eigenvalue weighted by Crippen LogP contribution is -2.39. The van der Waals surface area contributed by atoms with Gasteiger partial charge in [-0.3, -0.25) is 9.48 Å². The van der Waals surface area contributed by atoms with E-state index >= 15 is 0 Å². The van der Waals surface area contributed by atoms with Gasteiger partial charge in [0.15, 0.2) is 5.82 Å². The molecule has 4 rings (SSSR count). The maximum atomic E-state index is 12.8. The molecule has 3 heterocycles. The third-order valence-corrected chi connectivity index (χ3v) is 5.43. The third kappa shape index (κ3) is 2.42. The highest BCUT2D eigenvalue weighted by atomic mass is 16.2. The summed E-state index contributed by atoms with van der Waals surface area (Å²) < 4.78 is 3.94. The van der Waals surface area contributed by atoms with E-state index in [0.717, 1.165) is 49.4 Å². The molecule has 7 nitrogen and oxygen atoms in total. The van der Waals surface area contributed by atoms with Crippen molar-refractivity contribution >= 4 is 5.91 Å². The Morgan fingerprint density at radius 3 is 2.88 bits per heavy atom. The maximum Gasteiger partial charge on any atom is 0.225 e. The highest BCUT2D eigenvalue weighted by molar-refractivity contribution is 5.79. The van der Waals surface area contributed by atoms with E-state index in [9.17, 15) is 4.79 Å². The maximum absolute atomic E-state index is 12.8. The molecule has 1 amide bonds. The average Bonchev–Trinajstić information content (AvgIpc) is 3.33. The van der Waals surface area contributed by atoms with E-state index < -0.39 is 0 Å². The molecule has 1 aliphatic carbocycles. The zero-order chi connectivity index (χ0) is 16.7. The summed E-state index contributed by atoms with van der Waals surface area (Å²) in [7, 11) is 1.98. The predicted octanol–water partition coefficient (Wildman–Crippen LogP) is 1.77. The molecule has 7 heteroatoms. The normalized spacial score (nSPS) is 18.2. The van der Waals surface area contributed by atoms with Crippen molar-refractivity contribution in [3.63, 3.8) is 0 Å². The zero-order valence-electron chi connectivity index (χ0n) is 14.4. The summed E-state index contributed by atoms with van der Waals surface area (Å²) in [5.74, 6) is 1.35. The minimum absolute atomic E-state index is 0.228. The molecule has 24 heavy (non-hydrogen) atoms. The van der Waals surface area contributed by atoms with Crippen molar-refractivity contribution < 1.29 is 4.79 Å². The van der Waals surface area contributed by atoms with Crippen LogP contribution in [0, 0.1) is 5.92 Å². The Labute approximate surface area is 141 Å². The monoisotopic (exact) mass is 328 g/mol. The van der Waals surface area contributed by atoms with E-state index in [4.69, 9.17) is 0 Å². The molecule has 128 valence electrons. The largest absolute Gasteiger partial charge is 0.338 e. The van der Waals surface area contributed by atoms with Crippen molar-refractivity contribution in [2.45, 2.75) is 52.1 Å². The van der Waals surface area contributed by atoms with Crippen molar-refractivity contribution in [3.05, 3.63) is 17.6 Å². The molecular formula is C17H24N6O. The van der Waals surface area contributed by atoms with Gasteiger partial charge in [-0.25, -0.2) is 0 Å². The molecular weight excluding hydrogens is 304 g/mol. The third-order valence-electron chi connectivity index (χ3n) is 5.43. The van der Waals surface area contributed by atoms with Gasteiger partial charge >= 0.3 is 0 Å². The summed E-state index contributed by atoms with van der Waals surface area (Å²) >= 11 is 0. The number of nitrogens with zero attached hydrogens (tertiary/aromatic N) is 6. The first kappa shape index (κ1) is 15.4. The molecule has 2 aromatic heterocycles. The van der Waals surface area contributed by atoms with Gasteiger partial charge in [-0.15, -0.1) is 10.2 Å². The van der Waals surface area contributed by atoms with Gasteiger partial charge in [0.1, 0.15) is 12.0 Å². The number of amides is 1. The van der Waals surface area contributed by atoms with E-state index in [2.05, 4.69) is 22.2 Å². The fourth-order valence-electron chi connectivity index (χ4n) is 4.06. The molecule has 2 aromatic rings. The second-order valence-corrected chi connectivity index (χ2v) is 6.83. The summed E-state index contributed by atoms with van der Waals surface area (Å²) in [5.41, 5.74) is 3.22. The standard InChI is InChI=1S/C17H24N6O/c1-3-22-11-18-19-16(22)15-13-10-23(9-8-14(13)21(2)20-15)17(24)12-6-4-5-7-12/h11-12H,3-10H2,1-2H3. The number of fused-ring (bicyclic) bond motifs is 1. The SMILES string of the molecule is CCn1cnnc1-c1nn(C)c2c1CN(C(=O)C1CCCC1)CC2. The Morgan fingerprint density at radius 2 is 2.12 bits per heavy atom. The number of rotatable bonds is 3. The van der Waals surface area contributed by atoms with Gasteiger partial charge in [-0.05, 0) is 19.8 Å². The van der Waals surface area contributed by atoms with Crippen LogP contribution in [0.4, 0.5) is 0 Å². The van der Waals surface area contributed by atoms with E-state index in [1.807, 2.05) is 21.2 Å². The van der Waals surface area contributed by atoms with Gasteiger partial charge in [0.05, 0.1) is 0 Å². The van der Waals surface area contributed by atoms with Crippen molar-refractivity contribution in [3.8, 4) is 11.5 Å². The molecule has 0 radical (unpaired) electrons. The van der Waals surface area contributed by atoms with E-state index in [1.54, 1.807) is 6.33 Å². The first-order valence-electron chi connectivity index (χ1n) is 8.90. The van der Waals surface area contributed by atoms with Crippen LogP contribution in [0.15, 0.2) is 6.33 Å². The quantitative estimate of drug-likeness (QED) is 0.861. The summed E-state index contributed by atoms with van der Waals surface area (Å²) in [6, 6.07) is 0. The highest BCUT2D eigenvalue weighted by Gasteiger charge is 2.32. The van der Waals surface area contributed by atoms with E-state index in [1.165, 1.54) is 18.5 Å². The first-order valence-corrected chi connectivity index (χ1v) is 8.90. The molecule has 0 unspecified atom stereocenters. The van der Waals surface area contributed by atoms with Crippen LogP contribution in [-0.4, -0.2) is 41.9 Å². The number of aryl methyl sites for hydroxylation is 2. The predicted molar refractivity (Wildman–Crippen MR) is 89.0 cm³/mol. The van der Waals surface area contributed by atoms with E-state index in [-0.39, 0.29) is 5.92 Å². The lowest BCUT2D eigenvalue weighted by Gasteiger charge is -2.29. The summed E-state index contributed by atoms with van der Waals surface area (Å²) in [5, 5.41) is 13.0. The summed E-state index contributed by atoms with van der Waals surface area (Å²) in [6.45, 7) is 4.31. The Bertz CT molecular complexity index is 755. The van der Waals surface area contributed by atoms with Crippen LogP contribution in [0.2, 0.25) is 0 Å². The average molecular weight is 328 g/mol. The fraction of sp³-hybridized carbons (Fsp3) is 0.647. The zero-order valence-corrected chi connectivity index (χ0v) is 14.4. The number of carbonyl (C=O) groups is 1. The smallest absolute Gasteiger partial charge is 0.225 e. The number of aromatic nitrogens is 5. The number of hydrogen-bond acceptors (Lipinski definition) is 4. The Kier molecular flexibility index (Phi) is 3.86. The number of hydrogen-bond donors (Lipinski definition) is 0. The van der Waals surface area contributed by atoms with Crippen LogP contribution < -0.4 is 0 Å². The van der Waals surface area contributed by atoms with Crippen LogP contribution in [-0.2, 0) is 31.4 Å². The van der Waals surface area contributed by atoms with Crippen molar-refractivity contribution in [1.29, 1.82) is 0 Å². The topological polar surface area (TPSA) is 68.8 Å². The van der Waals surface area contributed by atoms with Gasteiger partial charge in [0, 0.05) is 50.3 Å². The van der Waals surface area contributed by atoms with Crippen molar-refractivity contribution in [2.24, 2.45) is 13.0 Å². The Hall–Kier alpha value is -2.18. The van der Waals surface area contributed by atoms with Crippen LogP contribution in [0.3, 0.4) is 0 Å². The van der Waals surface area contributed by atoms with Gasteiger partial charge in [0.25, 0.3) is 0 Å². The second kappa shape index (κ2) is 6.03. The Balaban J connectivity index is 1.66. The van der Waals surface area contributed by atoms with E-state index in [0.29, 0.717) is 12.5 Å². The van der Waals surface area contributed by atoms with Crippen LogP contribution in [0.5, 0.6) is 0 Å². The molecule has 1 fully saturated rings. The minimum Gasteiger partial charge on any atom is -0.338 e. The minimum atomic E-state index is 0.228. The summed E-state index contributed by atoms with van der Waals surface area (Å²) in [6.07, 6.45) is 7.07. The van der Waals surface area contributed by atoms with Crippen molar-refractivity contribution in [1.82, 2.24) is 29.4 Å². The molecule has 0 saturated heterocycles. The molecule has 1 saturated carbocycles. The molecule has 1 aliphatic heterocycles. The van der Waals surface area contributed by atoms with Crippen LogP contribution >= 0.6 is 0 Å². The van der Waals surface area contributed by atoms with Gasteiger partial charge in [0.2, 0.25) is 5.91 Å². The second-order valence-electron chi connectivity index (χ2n) is 6.83. The lowest BCUT2D eigenvalue weighted by molar-refractivity contribution is -0.136. The summed E-state index contributed by atoms with van der Waals surface area (Å²) in [4.78, 5) is 14.8. The van der Waals surface area contributed by atoms with Gasteiger partial charge in [-0.1, -0.05) is 12.8 Å². The Morgan fingerprint density at radius 1 is 1.33 bits per heavy atom. The van der Waals surface area contributed by atoms with Crippen molar-refractivity contribution in [2.75, 3.05) is 6.54 Å². The molecule has 0 N–H and O–H groups in total. The molecule has 0 spiro atoms. The lowest BCUT2D eigenvalue weighted by atomic mass is 10.0. The van der Waals surface area contributed by atoms with Gasteiger partial charge < -0.3 is 9.47 Å².